The Labute approximate surface area is 149 Å². The summed E-state index contributed by atoms with van der Waals surface area (Å²) in [7, 11) is 0. The van der Waals surface area contributed by atoms with Crippen molar-refractivity contribution in [3.8, 4) is 0 Å². The molecule has 0 unspecified atom stereocenters. The average Bonchev–Trinajstić information content (AvgIpc) is 2.07. The third kappa shape index (κ3) is 6.65. The molecule has 15 heavy (non-hydrogen) atoms. The Morgan fingerprint density at radius 1 is 1.53 bits per heavy atom. The number of hydrogen-bond acceptors (Lipinski definition) is 1. The van der Waals surface area contributed by atoms with Gasteiger partial charge in [0.25, 0.3) is 0 Å². The van der Waals surface area contributed by atoms with Gasteiger partial charge in [-0.15, -0.1) is 6.42 Å². The van der Waals surface area contributed by atoms with Gasteiger partial charge in [0.15, 0.2) is 5.97 Å². The molecule has 1 aromatic carbocycles. The van der Waals surface area contributed by atoms with Gasteiger partial charge < -0.3 is 12.5 Å². The Morgan fingerprint density at radius 2 is 2.13 bits per heavy atom. The van der Waals surface area contributed by atoms with E-state index in [0.717, 1.165) is 12.0 Å². The monoisotopic (exact) mass is 329 g/mol. The minimum atomic E-state index is -0.957. The van der Waals surface area contributed by atoms with Crippen molar-refractivity contribution in [1.29, 1.82) is 0 Å². The molecule has 0 aromatic heterocycles. The summed E-state index contributed by atoms with van der Waals surface area (Å²) >= 11 is 0. The predicted molar refractivity (Wildman–Crippen MR) is 53.2 cm³/mol. The predicted octanol–water partition coefficient (Wildman–Crippen LogP) is -0.580. The summed E-state index contributed by atoms with van der Waals surface area (Å²) in [6.07, 6.45) is 1.48. The van der Waals surface area contributed by atoms with Crippen LogP contribution < -0.4 is 68.9 Å². The minimum absolute atomic E-state index is 0. The number of halogens is 1. The second kappa shape index (κ2) is 8.67. The molecule has 0 atom stereocenters. The van der Waals surface area contributed by atoms with Gasteiger partial charge >= 0.3 is 68.9 Å². The number of aliphatic carboxylic acids is 1. The molecular formula is C11H13CsFO2-. The van der Waals surface area contributed by atoms with E-state index in [1.54, 1.807) is 19.1 Å². The summed E-state index contributed by atoms with van der Waals surface area (Å²) in [5, 5.41) is 8.37. The number of carbonyl (C=O) groups is 1. The molecule has 1 N–H and O–H groups in total. The first-order chi connectivity index (χ1) is 6.09. The van der Waals surface area contributed by atoms with E-state index >= 15 is 0 Å². The smallest absolute Gasteiger partial charge is 0.503 e. The van der Waals surface area contributed by atoms with E-state index in [1.165, 1.54) is 6.07 Å². The van der Waals surface area contributed by atoms with Crippen LogP contribution in [0, 0.1) is 26.6 Å². The summed E-state index contributed by atoms with van der Waals surface area (Å²) in [5.74, 6) is -1.22. The Morgan fingerprint density at radius 3 is 2.60 bits per heavy atom. The van der Waals surface area contributed by atoms with Crippen molar-refractivity contribution < 1.29 is 83.2 Å². The van der Waals surface area contributed by atoms with Crippen LogP contribution in [0.4, 0.5) is 4.39 Å². The van der Waals surface area contributed by atoms with Gasteiger partial charge in [0.1, 0.15) is 5.82 Å². The largest absolute Gasteiger partial charge is 1.00 e. The van der Waals surface area contributed by atoms with Crippen molar-refractivity contribution >= 4 is 5.97 Å². The van der Waals surface area contributed by atoms with Crippen LogP contribution in [0.15, 0.2) is 18.2 Å². The number of rotatable bonds is 3. The first-order valence-electron chi connectivity index (χ1n) is 3.91. The van der Waals surface area contributed by atoms with Gasteiger partial charge in [0.2, 0.25) is 0 Å². The maximum absolute atomic E-state index is 12.8. The van der Waals surface area contributed by atoms with Crippen LogP contribution in [0.25, 0.3) is 0 Å². The molecule has 78 valence electrons. The van der Waals surface area contributed by atoms with E-state index in [2.05, 4.69) is 0 Å². The summed E-state index contributed by atoms with van der Waals surface area (Å²) in [6.45, 7) is 1.65. The molecule has 0 amide bonds. The van der Waals surface area contributed by atoms with E-state index in [9.17, 15) is 9.18 Å². The number of benzene rings is 1. The van der Waals surface area contributed by atoms with Crippen LogP contribution in [0.1, 0.15) is 11.1 Å². The molecule has 0 saturated heterocycles. The van der Waals surface area contributed by atoms with Crippen molar-refractivity contribution in [3.05, 3.63) is 49.0 Å². The third-order valence-electron chi connectivity index (χ3n) is 1.73. The fourth-order valence-electron chi connectivity index (χ4n) is 1.04. The Balaban J connectivity index is 0. The van der Waals surface area contributed by atoms with Crippen LogP contribution >= 0.6 is 0 Å². The van der Waals surface area contributed by atoms with Gasteiger partial charge in [-0.1, -0.05) is 17.7 Å². The van der Waals surface area contributed by atoms with Gasteiger partial charge in [-0.25, -0.2) is 4.39 Å². The molecule has 0 aliphatic heterocycles. The average molecular weight is 329 g/mol. The quantitative estimate of drug-likeness (QED) is 0.754. The molecule has 0 spiro atoms. The molecule has 0 fully saturated rings. The van der Waals surface area contributed by atoms with Crippen molar-refractivity contribution in [2.24, 2.45) is 0 Å². The van der Waals surface area contributed by atoms with Gasteiger partial charge in [0.05, 0.1) is 0 Å². The zero-order chi connectivity index (χ0) is 9.84. The molecule has 2 nitrogen and oxygen atoms in total. The molecule has 4 heteroatoms. The van der Waals surface area contributed by atoms with Gasteiger partial charge in [0, 0.05) is 0 Å². The van der Waals surface area contributed by atoms with Gasteiger partial charge in [-0.3, -0.25) is 11.2 Å². The summed E-state index contributed by atoms with van der Waals surface area (Å²) in [5.41, 5.74) is 1.34. The summed E-state index contributed by atoms with van der Waals surface area (Å²) in [6, 6.07) is 4.58. The standard InChI is InChI=1S/C10H10FO2.CH3.Cs/c1-7-6-8(2-4-9(7)11)3-5-10(12)13;;/h2,4-6H,3H2,1H3,(H,12,13);1H3;/q2*-1;+1. The maximum Gasteiger partial charge on any atom is 1.00 e. The molecule has 0 radical (unpaired) electrons. The van der Waals surface area contributed by atoms with Crippen molar-refractivity contribution in [3.63, 3.8) is 0 Å². The molecule has 0 aliphatic carbocycles. The van der Waals surface area contributed by atoms with Crippen LogP contribution in [0.3, 0.4) is 0 Å². The van der Waals surface area contributed by atoms with E-state index in [-0.39, 0.29) is 82.1 Å². The second-order valence-electron chi connectivity index (χ2n) is 2.83. The Kier molecular flexibility index (Phi) is 10.4. The molecule has 0 saturated carbocycles. The number of carboxylic acid groups (broad SMARTS) is 1. The number of hydrogen-bond donors (Lipinski definition) is 1. The van der Waals surface area contributed by atoms with Crippen LogP contribution in [-0.2, 0) is 11.2 Å². The molecular weight excluding hydrogens is 316 g/mol. The zero-order valence-electron chi connectivity index (χ0n) is 9.25. The molecule has 1 rings (SSSR count). The first-order valence-corrected chi connectivity index (χ1v) is 3.91. The second-order valence-corrected chi connectivity index (χ2v) is 2.83. The zero-order valence-corrected chi connectivity index (χ0v) is 15.5. The maximum atomic E-state index is 12.8. The third-order valence-corrected chi connectivity index (χ3v) is 1.73. The summed E-state index contributed by atoms with van der Waals surface area (Å²) in [4.78, 5) is 10.2. The van der Waals surface area contributed by atoms with E-state index in [4.69, 9.17) is 5.11 Å². The van der Waals surface area contributed by atoms with Crippen molar-refractivity contribution in [1.82, 2.24) is 0 Å². The van der Waals surface area contributed by atoms with Crippen LogP contribution in [0.5, 0.6) is 0 Å². The molecule has 0 bridgehead atoms. The summed E-state index contributed by atoms with van der Waals surface area (Å²) < 4.78 is 12.8. The van der Waals surface area contributed by atoms with Crippen LogP contribution in [-0.4, -0.2) is 11.1 Å². The Hall–Kier alpha value is 0.542. The van der Waals surface area contributed by atoms with Crippen molar-refractivity contribution in [2.45, 2.75) is 13.3 Å². The Bertz CT molecular complexity index is 326. The van der Waals surface area contributed by atoms with E-state index < -0.39 is 5.97 Å². The fraction of sp³-hybridized carbons (Fsp3) is 0.182. The molecule has 1 aromatic rings. The van der Waals surface area contributed by atoms with Crippen molar-refractivity contribution in [2.75, 3.05) is 0 Å². The normalized spacial score (nSPS) is 8.40. The number of carboxylic acids is 1. The van der Waals surface area contributed by atoms with Gasteiger partial charge in [-0.2, -0.15) is 0 Å². The topological polar surface area (TPSA) is 37.3 Å². The molecule has 0 heterocycles. The first kappa shape index (κ1) is 17.9. The SMILES string of the molecule is Cc1cc(C[CH-]C(=O)O)ccc1F.[CH3-].[Cs+]. The fourth-order valence-corrected chi connectivity index (χ4v) is 1.04. The molecule has 0 aliphatic rings. The van der Waals surface area contributed by atoms with E-state index in [1.807, 2.05) is 0 Å². The number of aryl methyl sites for hydroxylation is 1. The minimum Gasteiger partial charge on any atom is -0.503 e. The van der Waals surface area contributed by atoms with Gasteiger partial charge in [-0.05, 0) is 18.6 Å². The van der Waals surface area contributed by atoms with E-state index in [0.29, 0.717) is 12.0 Å². The van der Waals surface area contributed by atoms with Crippen LogP contribution in [0.2, 0.25) is 0 Å².